The second-order valence-corrected chi connectivity index (χ2v) is 5.83. The second-order valence-electron chi connectivity index (χ2n) is 5.83. The topological polar surface area (TPSA) is 33.5 Å². The smallest absolute Gasteiger partial charge is 0.279 e. The normalized spacial score (nSPS) is 23.1. The summed E-state index contributed by atoms with van der Waals surface area (Å²) >= 11 is 0. The number of hydrogen-bond donors (Lipinski definition) is 2. The zero-order valence-corrected chi connectivity index (χ0v) is 12.3. The third-order valence-electron chi connectivity index (χ3n) is 4.26. The van der Waals surface area contributed by atoms with Crippen molar-refractivity contribution in [2.45, 2.75) is 46.1 Å². The molecule has 0 spiro atoms. The van der Waals surface area contributed by atoms with Crippen molar-refractivity contribution in [2.24, 2.45) is 0 Å². The van der Waals surface area contributed by atoms with Crippen LogP contribution in [0, 0.1) is 13.8 Å². The van der Waals surface area contributed by atoms with Crippen LogP contribution in [0.3, 0.4) is 0 Å². The molecule has 2 N–H and O–H groups in total. The van der Waals surface area contributed by atoms with Gasteiger partial charge in [-0.3, -0.25) is 4.79 Å². The van der Waals surface area contributed by atoms with Crippen LogP contribution >= 0.6 is 0 Å². The number of anilines is 1. The van der Waals surface area contributed by atoms with E-state index in [1.807, 2.05) is 12.1 Å². The van der Waals surface area contributed by atoms with Crippen molar-refractivity contribution in [3.8, 4) is 0 Å². The Balaban J connectivity index is 1.91. The summed E-state index contributed by atoms with van der Waals surface area (Å²) in [4.78, 5) is 13.5. The lowest BCUT2D eigenvalue weighted by Crippen LogP contribution is -3.17. The van der Waals surface area contributed by atoms with Gasteiger partial charge in [0.2, 0.25) is 0 Å². The average molecular weight is 261 g/mol. The van der Waals surface area contributed by atoms with Crippen LogP contribution in [0.15, 0.2) is 18.2 Å². The van der Waals surface area contributed by atoms with E-state index in [1.165, 1.54) is 35.3 Å². The van der Waals surface area contributed by atoms with Crippen molar-refractivity contribution in [1.29, 1.82) is 0 Å². The number of carbonyl (C=O) groups excluding carboxylic acids is 1. The summed E-state index contributed by atoms with van der Waals surface area (Å²) in [5, 5.41) is 3.02. The second kappa shape index (κ2) is 6.20. The Hall–Kier alpha value is -1.35. The Kier molecular flexibility index (Phi) is 4.59. The highest BCUT2D eigenvalue weighted by molar-refractivity contribution is 5.91. The lowest BCUT2D eigenvalue weighted by Gasteiger charge is -2.29. The van der Waals surface area contributed by atoms with Crippen molar-refractivity contribution in [2.75, 3.05) is 18.4 Å². The number of piperidine rings is 1. The number of likely N-dealkylation sites (tertiary alicyclic amines) is 1. The van der Waals surface area contributed by atoms with E-state index < -0.39 is 0 Å². The minimum atomic E-state index is 0.131. The monoisotopic (exact) mass is 261 g/mol. The van der Waals surface area contributed by atoms with Gasteiger partial charge in [0, 0.05) is 5.69 Å². The van der Waals surface area contributed by atoms with Gasteiger partial charge in [0.05, 0.1) is 12.6 Å². The molecular formula is C16H25N2O+. The van der Waals surface area contributed by atoms with Gasteiger partial charge in [-0.15, -0.1) is 0 Å². The molecule has 1 aromatic carbocycles. The first-order valence-electron chi connectivity index (χ1n) is 7.28. The van der Waals surface area contributed by atoms with Crippen LogP contribution in [-0.2, 0) is 4.79 Å². The summed E-state index contributed by atoms with van der Waals surface area (Å²) in [6, 6.07) is 6.69. The van der Waals surface area contributed by atoms with Gasteiger partial charge in [-0.05, 0) is 63.3 Å². The largest absolute Gasteiger partial charge is 0.325 e. The van der Waals surface area contributed by atoms with E-state index in [9.17, 15) is 4.79 Å². The summed E-state index contributed by atoms with van der Waals surface area (Å²) in [5.74, 6) is 0.131. The minimum absolute atomic E-state index is 0.131. The fourth-order valence-electron chi connectivity index (χ4n) is 2.75. The van der Waals surface area contributed by atoms with E-state index in [2.05, 4.69) is 32.2 Å². The molecule has 3 heteroatoms. The fraction of sp³-hybridized carbons (Fsp3) is 0.562. The Labute approximate surface area is 116 Å². The van der Waals surface area contributed by atoms with E-state index in [0.29, 0.717) is 12.6 Å². The molecule has 1 unspecified atom stereocenters. The molecule has 0 aliphatic carbocycles. The maximum absolute atomic E-state index is 12.1. The number of aryl methyl sites for hydroxylation is 2. The molecule has 1 aromatic rings. The first-order valence-corrected chi connectivity index (χ1v) is 7.28. The fourth-order valence-corrected chi connectivity index (χ4v) is 2.75. The Morgan fingerprint density at radius 1 is 1.32 bits per heavy atom. The number of amides is 1. The summed E-state index contributed by atoms with van der Waals surface area (Å²) in [5.41, 5.74) is 3.39. The van der Waals surface area contributed by atoms with Crippen LogP contribution in [-0.4, -0.2) is 25.0 Å². The number of hydrogen-bond acceptors (Lipinski definition) is 1. The SMILES string of the molecule is Cc1ccc(NC(=O)C[NH+]2CCCC[C@@H]2C)cc1C. The number of nitrogens with one attached hydrogen (secondary N) is 2. The predicted octanol–water partition coefficient (Wildman–Crippen LogP) is 1.70. The number of rotatable bonds is 3. The van der Waals surface area contributed by atoms with E-state index in [1.54, 1.807) is 0 Å². The molecule has 0 radical (unpaired) electrons. The zero-order chi connectivity index (χ0) is 13.8. The molecule has 2 rings (SSSR count). The van der Waals surface area contributed by atoms with Gasteiger partial charge < -0.3 is 10.2 Å². The zero-order valence-electron chi connectivity index (χ0n) is 12.3. The van der Waals surface area contributed by atoms with Crippen LogP contribution < -0.4 is 10.2 Å². The van der Waals surface area contributed by atoms with Crippen LogP contribution in [0.2, 0.25) is 0 Å². The minimum Gasteiger partial charge on any atom is -0.325 e. The van der Waals surface area contributed by atoms with Crippen LogP contribution in [0.1, 0.15) is 37.3 Å². The summed E-state index contributed by atoms with van der Waals surface area (Å²) < 4.78 is 0. The standard InChI is InChI=1S/C16H24N2O/c1-12-7-8-15(10-13(12)2)17-16(19)11-18-9-5-4-6-14(18)3/h7-8,10,14H,4-6,9,11H2,1-3H3,(H,17,19)/p+1/t14-/m0/s1. The lowest BCUT2D eigenvalue weighted by molar-refractivity contribution is -0.920. The molecule has 19 heavy (non-hydrogen) atoms. The molecule has 2 atom stereocenters. The van der Waals surface area contributed by atoms with Crippen molar-refractivity contribution in [1.82, 2.24) is 0 Å². The highest BCUT2D eigenvalue weighted by atomic mass is 16.2. The van der Waals surface area contributed by atoms with Gasteiger partial charge in [0.1, 0.15) is 0 Å². The third kappa shape index (κ3) is 3.80. The first-order chi connectivity index (χ1) is 9.06. The molecule has 3 nitrogen and oxygen atoms in total. The van der Waals surface area contributed by atoms with Gasteiger partial charge in [0.25, 0.3) is 5.91 Å². The molecule has 1 heterocycles. The maximum atomic E-state index is 12.1. The van der Waals surface area contributed by atoms with Gasteiger partial charge >= 0.3 is 0 Å². The highest BCUT2D eigenvalue weighted by Crippen LogP contribution is 2.13. The van der Waals surface area contributed by atoms with Crippen LogP contribution in [0.4, 0.5) is 5.69 Å². The molecule has 104 valence electrons. The van der Waals surface area contributed by atoms with E-state index >= 15 is 0 Å². The molecule has 1 saturated heterocycles. The predicted molar refractivity (Wildman–Crippen MR) is 78.6 cm³/mol. The molecule has 0 saturated carbocycles. The first kappa shape index (κ1) is 14.1. The van der Waals surface area contributed by atoms with Gasteiger partial charge in [-0.2, -0.15) is 0 Å². The molecule has 0 aromatic heterocycles. The molecular weight excluding hydrogens is 236 g/mol. The van der Waals surface area contributed by atoms with E-state index in [-0.39, 0.29) is 5.91 Å². The van der Waals surface area contributed by atoms with Gasteiger partial charge in [0.15, 0.2) is 6.54 Å². The van der Waals surface area contributed by atoms with Crippen molar-refractivity contribution >= 4 is 11.6 Å². The molecule has 1 fully saturated rings. The Bertz CT molecular complexity index is 456. The third-order valence-corrected chi connectivity index (χ3v) is 4.26. The molecule has 1 aliphatic heterocycles. The van der Waals surface area contributed by atoms with Crippen LogP contribution in [0.25, 0.3) is 0 Å². The number of carbonyl (C=O) groups is 1. The Morgan fingerprint density at radius 3 is 2.79 bits per heavy atom. The van der Waals surface area contributed by atoms with Crippen molar-refractivity contribution in [3.05, 3.63) is 29.3 Å². The summed E-state index contributed by atoms with van der Waals surface area (Å²) in [7, 11) is 0. The quantitative estimate of drug-likeness (QED) is 0.853. The van der Waals surface area contributed by atoms with Crippen molar-refractivity contribution < 1.29 is 9.69 Å². The van der Waals surface area contributed by atoms with Gasteiger partial charge in [-0.25, -0.2) is 0 Å². The molecule has 0 bridgehead atoms. The summed E-state index contributed by atoms with van der Waals surface area (Å²) in [6.45, 7) is 8.12. The van der Waals surface area contributed by atoms with E-state index in [0.717, 1.165) is 12.2 Å². The van der Waals surface area contributed by atoms with Crippen molar-refractivity contribution in [3.63, 3.8) is 0 Å². The average Bonchev–Trinajstić information content (AvgIpc) is 2.37. The van der Waals surface area contributed by atoms with Crippen LogP contribution in [0.5, 0.6) is 0 Å². The number of benzene rings is 1. The molecule has 1 aliphatic rings. The Morgan fingerprint density at radius 2 is 2.11 bits per heavy atom. The number of quaternary nitrogens is 1. The van der Waals surface area contributed by atoms with Gasteiger partial charge in [-0.1, -0.05) is 6.07 Å². The lowest BCUT2D eigenvalue weighted by atomic mass is 10.0. The molecule has 1 amide bonds. The highest BCUT2D eigenvalue weighted by Gasteiger charge is 2.24. The summed E-state index contributed by atoms with van der Waals surface area (Å²) in [6.07, 6.45) is 3.80. The maximum Gasteiger partial charge on any atom is 0.279 e. The van der Waals surface area contributed by atoms with E-state index in [4.69, 9.17) is 0 Å².